The average Bonchev–Trinajstić information content (AvgIpc) is 2.96. The van der Waals surface area contributed by atoms with Crippen LogP contribution in [0.1, 0.15) is 17.4 Å². The number of benzene rings is 1. The molecule has 2 aromatic rings. The summed E-state index contributed by atoms with van der Waals surface area (Å²) in [5, 5.41) is 5.05. The minimum atomic E-state index is -0.169. The maximum absolute atomic E-state index is 12.4. The van der Waals surface area contributed by atoms with Crippen LogP contribution in [0.25, 0.3) is 0 Å². The Labute approximate surface area is 128 Å². The molecule has 110 valence electrons. The molecule has 1 aromatic heterocycles. The molecule has 3 rings (SSSR count). The molecule has 1 amide bonds. The molecule has 3 N–H and O–H groups in total. The largest absolute Gasteiger partial charge is 0.397 e. The zero-order chi connectivity index (χ0) is 14.8. The molecule has 1 aromatic carbocycles. The van der Waals surface area contributed by atoms with E-state index in [-0.39, 0.29) is 11.9 Å². The standard InChI is InChI=1S/C16H19N3OS/c1-11(16(20)18-14-5-3-2-4-13(14)17)19-8-6-15-12(10-19)7-9-21-15/h2-5,7,9,11H,6,8,10,17H2,1H3,(H,18,20). The van der Waals surface area contributed by atoms with Gasteiger partial charge in [0, 0.05) is 18.0 Å². The summed E-state index contributed by atoms with van der Waals surface area (Å²) >= 11 is 1.81. The van der Waals surface area contributed by atoms with Gasteiger partial charge in [-0.15, -0.1) is 11.3 Å². The molecule has 0 radical (unpaired) electrons. The number of carbonyl (C=O) groups excluding carboxylic acids is 1. The number of nitrogen functional groups attached to an aromatic ring is 1. The molecule has 0 aliphatic carbocycles. The van der Waals surface area contributed by atoms with Gasteiger partial charge in [0.2, 0.25) is 5.91 Å². The lowest BCUT2D eigenvalue weighted by molar-refractivity contribution is -0.121. The zero-order valence-electron chi connectivity index (χ0n) is 12.0. The third-order valence-electron chi connectivity index (χ3n) is 3.98. The van der Waals surface area contributed by atoms with E-state index in [9.17, 15) is 4.79 Å². The van der Waals surface area contributed by atoms with Crippen LogP contribution in [0.2, 0.25) is 0 Å². The minimum Gasteiger partial charge on any atom is -0.397 e. The van der Waals surface area contributed by atoms with Crippen LogP contribution in [-0.4, -0.2) is 23.4 Å². The SMILES string of the molecule is CC(C(=O)Nc1ccccc1N)N1CCc2sccc2C1. The highest BCUT2D eigenvalue weighted by atomic mass is 32.1. The van der Waals surface area contributed by atoms with Crippen molar-refractivity contribution < 1.29 is 4.79 Å². The normalized spacial score (nSPS) is 16.2. The minimum absolute atomic E-state index is 0.00780. The molecule has 2 heterocycles. The first kappa shape index (κ1) is 14.1. The van der Waals surface area contributed by atoms with E-state index in [2.05, 4.69) is 21.7 Å². The number of rotatable bonds is 3. The number of para-hydroxylation sites is 2. The highest BCUT2D eigenvalue weighted by Crippen LogP contribution is 2.25. The Kier molecular flexibility index (Phi) is 3.94. The highest BCUT2D eigenvalue weighted by Gasteiger charge is 2.26. The van der Waals surface area contributed by atoms with Crippen LogP contribution in [-0.2, 0) is 17.8 Å². The van der Waals surface area contributed by atoms with E-state index in [1.54, 1.807) is 6.07 Å². The molecule has 0 bridgehead atoms. The van der Waals surface area contributed by atoms with Gasteiger partial charge in [-0.25, -0.2) is 0 Å². The second kappa shape index (κ2) is 5.87. The van der Waals surface area contributed by atoms with Crippen LogP contribution in [0.15, 0.2) is 35.7 Å². The molecular weight excluding hydrogens is 282 g/mol. The quantitative estimate of drug-likeness (QED) is 0.857. The number of nitrogens with zero attached hydrogens (tertiary/aromatic N) is 1. The van der Waals surface area contributed by atoms with Gasteiger partial charge >= 0.3 is 0 Å². The Morgan fingerprint density at radius 1 is 1.38 bits per heavy atom. The third-order valence-corrected chi connectivity index (χ3v) is 5.01. The van der Waals surface area contributed by atoms with Crippen molar-refractivity contribution >= 4 is 28.6 Å². The monoisotopic (exact) mass is 301 g/mol. The van der Waals surface area contributed by atoms with Crippen molar-refractivity contribution in [3.8, 4) is 0 Å². The van der Waals surface area contributed by atoms with Gasteiger partial charge in [-0.3, -0.25) is 9.69 Å². The van der Waals surface area contributed by atoms with Crippen LogP contribution in [0.4, 0.5) is 11.4 Å². The van der Waals surface area contributed by atoms with Crippen molar-refractivity contribution in [2.45, 2.75) is 25.9 Å². The summed E-state index contributed by atoms with van der Waals surface area (Å²) < 4.78 is 0. The molecule has 0 spiro atoms. The molecule has 0 fully saturated rings. The number of nitrogens with two attached hydrogens (primary N) is 1. The molecule has 0 saturated heterocycles. The van der Waals surface area contributed by atoms with Gasteiger partial charge in [-0.2, -0.15) is 0 Å². The Morgan fingerprint density at radius 3 is 3.00 bits per heavy atom. The predicted octanol–water partition coefficient (Wildman–Crippen LogP) is 2.72. The van der Waals surface area contributed by atoms with Gasteiger partial charge in [0.05, 0.1) is 17.4 Å². The van der Waals surface area contributed by atoms with Gasteiger partial charge < -0.3 is 11.1 Å². The van der Waals surface area contributed by atoms with Crippen molar-refractivity contribution in [2.75, 3.05) is 17.6 Å². The summed E-state index contributed by atoms with van der Waals surface area (Å²) in [5.41, 5.74) is 8.50. The molecule has 1 unspecified atom stereocenters. The summed E-state index contributed by atoms with van der Waals surface area (Å²) in [6, 6.07) is 9.34. The molecule has 21 heavy (non-hydrogen) atoms. The van der Waals surface area contributed by atoms with Gasteiger partial charge in [0.1, 0.15) is 0 Å². The zero-order valence-corrected chi connectivity index (χ0v) is 12.8. The number of hydrogen-bond donors (Lipinski definition) is 2. The highest BCUT2D eigenvalue weighted by molar-refractivity contribution is 7.10. The van der Waals surface area contributed by atoms with Crippen molar-refractivity contribution in [1.29, 1.82) is 0 Å². The fourth-order valence-corrected chi connectivity index (χ4v) is 3.50. The van der Waals surface area contributed by atoms with Gasteiger partial charge in [-0.05, 0) is 42.5 Å². The second-order valence-electron chi connectivity index (χ2n) is 5.34. The molecule has 0 saturated carbocycles. The first-order valence-electron chi connectivity index (χ1n) is 7.10. The fraction of sp³-hybridized carbons (Fsp3) is 0.312. The third kappa shape index (κ3) is 2.94. The number of hydrogen-bond acceptors (Lipinski definition) is 4. The average molecular weight is 301 g/mol. The molecule has 5 heteroatoms. The molecule has 1 aliphatic heterocycles. The fourth-order valence-electron chi connectivity index (χ4n) is 2.61. The van der Waals surface area contributed by atoms with E-state index in [1.807, 2.05) is 36.5 Å². The van der Waals surface area contributed by atoms with E-state index >= 15 is 0 Å². The van der Waals surface area contributed by atoms with Crippen LogP contribution >= 0.6 is 11.3 Å². The number of thiophene rings is 1. The van der Waals surface area contributed by atoms with Gasteiger partial charge in [-0.1, -0.05) is 12.1 Å². The van der Waals surface area contributed by atoms with Crippen LogP contribution in [0.5, 0.6) is 0 Å². The van der Waals surface area contributed by atoms with E-state index < -0.39 is 0 Å². The van der Waals surface area contributed by atoms with Crippen molar-refractivity contribution in [3.63, 3.8) is 0 Å². The summed E-state index contributed by atoms with van der Waals surface area (Å²) in [5.74, 6) is -0.00780. The Bertz CT molecular complexity index is 652. The Morgan fingerprint density at radius 2 is 2.19 bits per heavy atom. The van der Waals surface area contributed by atoms with Crippen LogP contribution in [0, 0.1) is 0 Å². The number of amides is 1. The van der Waals surface area contributed by atoms with E-state index in [0.717, 1.165) is 19.5 Å². The maximum Gasteiger partial charge on any atom is 0.241 e. The first-order chi connectivity index (χ1) is 10.1. The second-order valence-corrected chi connectivity index (χ2v) is 6.34. The number of carbonyl (C=O) groups is 1. The molecule has 4 nitrogen and oxygen atoms in total. The van der Waals surface area contributed by atoms with E-state index in [1.165, 1.54) is 10.4 Å². The summed E-state index contributed by atoms with van der Waals surface area (Å²) in [6.45, 7) is 3.72. The molecule has 1 atom stereocenters. The maximum atomic E-state index is 12.4. The summed E-state index contributed by atoms with van der Waals surface area (Å²) in [7, 11) is 0. The lowest BCUT2D eigenvalue weighted by atomic mass is 10.1. The van der Waals surface area contributed by atoms with E-state index in [4.69, 9.17) is 5.73 Å². The summed E-state index contributed by atoms with van der Waals surface area (Å²) in [4.78, 5) is 16.1. The van der Waals surface area contributed by atoms with Crippen molar-refractivity contribution in [1.82, 2.24) is 4.90 Å². The first-order valence-corrected chi connectivity index (χ1v) is 7.98. The van der Waals surface area contributed by atoms with Crippen LogP contribution in [0.3, 0.4) is 0 Å². The van der Waals surface area contributed by atoms with Gasteiger partial charge in [0.15, 0.2) is 0 Å². The van der Waals surface area contributed by atoms with Crippen molar-refractivity contribution in [3.05, 3.63) is 46.2 Å². The van der Waals surface area contributed by atoms with Crippen molar-refractivity contribution in [2.24, 2.45) is 0 Å². The Hall–Kier alpha value is -1.85. The number of fused-ring (bicyclic) bond motifs is 1. The predicted molar refractivity (Wildman–Crippen MR) is 87.4 cm³/mol. The molecular formula is C16H19N3OS. The topological polar surface area (TPSA) is 58.4 Å². The lowest BCUT2D eigenvalue weighted by Gasteiger charge is -2.31. The molecule has 1 aliphatic rings. The van der Waals surface area contributed by atoms with Gasteiger partial charge in [0.25, 0.3) is 0 Å². The summed E-state index contributed by atoms with van der Waals surface area (Å²) in [6.07, 6.45) is 1.03. The smallest absolute Gasteiger partial charge is 0.241 e. The lowest BCUT2D eigenvalue weighted by Crippen LogP contribution is -2.44. The Balaban J connectivity index is 1.67. The van der Waals surface area contributed by atoms with Crippen LogP contribution < -0.4 is 11.1 Å². The number of nitrogens with one attached hydrogen (secondary N) is 1. The van der Waals surface area contributed by atoms with E-state index in [0.29, 0.717) is 11.4 Å². The number of anilines is 2.